The summed E-state index contributed by atoms with van der Waals surface area (Å²) in [5.41, 5.74) is 1.95. The minimum atomic E-state index is -1.84. The summed E-state index contributed by atoms with van der Waals surface area (Å²) in [4.78, 5) is 32.0. The zero-order valence-corrected chi connectivity index (χ0v) is 22.0. The second-order valence-electron chi connectivity index (χ2n) is 8.88. The summed E-state index contributed by atoms with van der Waals surface area (Å²) >= 11 is 4.96. The molecule has 35 heavy (non-hydrogen) atoms. The van der Waals surface area contributed by atoms with E-state index in [1.807, 2.05) is 48.5 Å². The van der Waals surface area contributed by atoms with Gasteiger partial charge in [-0.15, -0.1) is 11.3 Å². The van der Waals surface area contributed by atoms with Gasteiger partial charge in [-0.1, -0.05) is 53.5 Å². The predicted octanol–water partition coefficient (Wildman–Crippen LogP) is 4.14. The number of likely N-dealkylation sites (tertiary alicyclic amines) is 1. The van der Waals surface area contributed by atoms with Crippen molar-refractivity contribution in [3.8, 4) is 0 Å². The van der Waals surface area contributed by atoms with Gasteiger partial charge in [0.05, 0.1) is 16.3 Å². The number of thiazole rings is 1. The highest BCUT2D eigenvalue weighted by Gasteiger charge is 2.39. The van der Waals surface area contributed by atoms with E-state index in [-0.39, 0.29) is 12.0 Å². The Bertz CT molecular complexity index is 1140. The molecule has 2 amide bonds. The van der Waals surface area contributed by atoms with E-state index < -0.39 is 24.0 Å². The van der Waals surface area contributed by atoms with Crippen molar-refractivity contribution >= 4 is 49.3 Å². The molecule has 1 unspecified atom stereocenters. The first-order valence-corrected chi connectivity index (χ1v) is 13.5. The van der Waals surface area contributed by atoms with Crippen molar-refractivity contribution in [1.29, 1.82) is 0 Å². The van der Waals surface area contributed by atoms with Crippen molar-refractivity contribution in [3.63, 3.8) is 0 Å². The summed E-state index contributed by atoms with van der Waals surface area (Å²) in [6.45, 7) is 2.83. The number of hydrogen-bond acceptors (Lipinski definition) is 6. The summed E-state index contributed by atoms with van der Waals surface area (Å²) < 4.78 is 2.01. The number of nitrogens with one attached hydrogen (secondary N) is 1. The average molecular weight is 561 g/mol. The van der Waals surface area contributed by atoms with Gasteiger partial charge in [-0.2, -0.15) is 0 Å². The Labute approximate surface area is 217 Å². The number of nitrogens with zero attached hydrogens (tertiary/aromatic N) is 2. The number of para-hydroxylation sites is 1. The van der Waals surface area contributed by atoms with Gasteiger partial charge in [-0.05, 0) is 49.1 Å². The Morgan fingerprint density at radius 1 is 1.17 bits per heavy atom. The van der Waals surface area contributed by atoms with Gasteiger partial charge in [0.2, 0.25) is 0 Å². The third-order valence-corrected chi connectivity index (χ3v) is 8.12. The highest BCUT2D eigenvalue weighted by Crippen LogP contribution is 2.37. The molecule has 0 bridgehead atoms. The SMILES string of the molecule is CCC[C@H](CNC(=O)[C@H](O)[C@@H](O)C(=O)N1CCCC1c1nc2ccccc2s1)c1ccc(Br)cc1. The number of carbonyl (C=O) groups is 2. The smallest absolute Gasteiger partial charge is 0.255 e. The van der Waals surface area contributed by atoms with E-state index in [1.165, 1.54) is 11.3 Å². The molecule has 1 saturated heterocycles. The van der Waals surface area contributed by atoms with Crippen molar-refractivity contribution in [2.75, 3.05) is 13.1 Å². The van der Waals surface area contributed by atoms with E-state index in [0.717, 1.165) is 50.9 Å². The molecule has 1 fully saturated rings. The van der Waals surface area contributed by atoms with E-state index in [9.17, 15) is 19.8 Å². The molecular formula is C26H30BrN3O4S. The zero-order chi connectivity index (χ0) is 24.9. The summed E-state index contributed by atoms with van der Waals surface area (Å²) in [6, 6.07) is 15.4. The normalized spacial score (nSPS) is 18.4. The lowest BCUT2D eigenvalue weighted by molar-refractivity contribution is -0.153. The van der Waals surface area contributed by atoms with Gasteiger partial charge < -0.3 is 20.4 Å². The van der Waals surface area contributed by atoms with Crippen LogP contribution in [0.25, 0.3) is 10.2 Å². The number of amides is 2. The zero-order valence-electron chi connectivity index (χ0n) is 19.6. The van der Waals surface area contributed by atoms with Gasteiger partial charge in [-0.25, -0.2) is 4.98 Å². The maximum absolute atomic E-state index is 13.1. The molecule has 2 aromatic carbocycles. The van der Waals surface area contributed by atoms with Crippen LogP contribution < -0.4 is 5.32 Å². The van der Waals surface area contributed by atoms with Crippen molar-refractivity contribution in [2.24, 2.45) is 0 Å². The Hall–Kier alpha value is -2.33. The molecule has 1 aromatic heterocycles. The predicted molar refractivity (Wildman–Crippen MR) is 140 cm³/mol. The molecule has 1 aliphatic heterocycles. The van der Waals surface area contributed by atoms with E-state index in [1.54, 1.807) is 4.90 Å². The second-order valence-corrected chi connectivity index (χ2v) is 10.9. The summed E-state index contributed by atoms with van der Waals surface area (Å²) in [5, 5.41) is 24.7. The molecule has 4 atom stereocenters. The van der Waals surface area contributed by atoms with Crippen molar-refractivity contribution in [2.45, 2.75) is 56.8 Å². The molecule has 0 aliphatic carbocycles. The first-order valence-electron chi connectivity index (χ1n) is 11.9. The second kappa shape index (κ2) is 11.6. The number of aliphatic hydroxyl groups is 2. The van der Waals surface area contributed by atoms with Gasteiger partial charge in [0.1, 0.15) is 5.01 Å². The number of halogens is 1. The Balaban J connectivity index is 1.39. The van der Waals surface area contributed by atoms with E-state index in [2.05, 4.69) is 33.2 Å². The highest BCUT2D eigenvalue weighted by atomic mass is 79.9. The van der Waals surface area contributed by atoms with Crippen LogP contribution in [0.4, 0.5) is 0 Å². The number of hydrogen-bond donors (Lipinski definition) is 3. The minimum absolute atomic E-state index is 0.0686. The quantitative estimate of drug-likeness (QED) is 0.365. The Morgan fingerprint density at radius 3 is 2.63 bits per heavy atom. The van der Waals surface area contributed by atoms with Gasteiger partial charge in [0.25, 0.3) is 11.8 Å². The van der Waals surface area contributed by atoms with E-state index in [4.69, 9.17) is 0 Å². The molecule has 186 valence electrons. The number of benzene rings is 2. The van der Waals surface area contributed by atoms with E-state index >= 15 is 0 Å². The third kappa shape index (κ3) is 5.91. The third-order valence-electron chi connectivity index (χ3n) is 6.45. The molecule has 3 N–H and O–H groups in total. The lowest BCUT2D eigenvalue weighted by atomic mass is 9.94. The average Bonchev–Trinajstić information content (AvgIpc) is 3.52. The fourth-order valence-electron chi connectivity index (χ4n) is 4.57. The van der Waals surface area contributed by atoms with Crippen LogP contribution in [0.1, 0.15) is 55.1 Å². The highest BCUT2D eigenvalue weighted by molar-refractivity contribution is 9.10. The summed E-state index contributed by atoms with van der Waals surface area (Å²) in [7, 11) is 0. The molecule has 1 aliphatic rings. The molecule has 3 aromatic rings. The maximum atomic E-state index is 13.1. The minimum Gasteiger partial charge on any atom is -0.380 e. The first kappa shape index (κ1) is 25.8. The fraction of sp³-hybridized carbons (Fsp3) is 0.423. The van der Waals surface area contributed by atoms with Gasteiger partial charge in [0, 0.05) is 23.5 Å². The van der Waals surface area contributed by atoms with Crippen LogP contribution in [-0.4, -0.2) is 57.2 Å². The van der Waals surface area contributed by atoms with Gasteiger partial charge in [0.15, 0.2) is 12.2 Å². The van der Waals surface area contributed by atoms with Crippen LogP contribution >= 0.6 is 27.3 Å². The molecule has 2 heterocycles. The fourth-order valence-corrected chi connectivity index (χ4v) is 5.95. The number of aliphatic hydroxyl groups excluding tert-OH is 2. The maximum Gasteiger partial charge on any atom is 0.255 e. The molecule has 9 heteroatoms. The molecule has 4 rings (SSSR count). The number of fused-ring (bicyclic) bond motifs is 1. The molecule has 0 saturated carbocycles. The Kier molecular flexibility index (Phi) is 8.54. The van der Waals surface area contributed by atoms with Crippen LogP contribution in [0.15, 0.2) is 53.0 Å². The summed E-state index contributed by atoms with van der Waals surface area (Å²) in [5.74, 6) is -1.33. The van der Waals surface area contributed by atoms with Crippen molar-refractivity contribution in [1.82, 2.24) is 15.2 Å². The standard InChI is InChI=1S/C26H30BrN3O4S/c1-2-6-17(16-10-12-18(27)13-11-16)15-28-24(33)22(31)23(32)26(34)30-14-5-8-20(30)25-29-19-7-3-4-9-21(19)35-25/h3-4,7,9-13,17,20,22-23,31-32H,2,5-6,8,14-15H2,1H3,(H,28,33)/t17-,20?,22-,23-/m1/s1. The van der Waals surface area contributed by atoms with Crippen molar-refractivity contribution < 1.29 is 19.8 Å². The Morgan fingerprint density at radius 2 is 1.91 bits per heavy atom. The van der Waals surface area contributed by atoms with E-state index in [0.29, 0.717) is 13.1 Å². The molecule has 7 nitrogen and oxygen atoms in total. The molecule has 0 radical (unpaired) electrons. The monoisotopic (exact) mass is 559 g/mol. The van der Waals surface area contributed by atoms with Crippen LogP contribution in [0.3, 0.4) is 0 Å². The van der Waals surface area contributed by atoms with Crippen LogP contribution in [0.2, 0.25) is 0 Å². The molecular weight excluding hydrogens is 530 g/mol. The number of carbonyl (C=O) groups excluding carboxylic acids is 2. The molecule has 0 spiro atoms. The number of rotatable bonds is 9. The van der Waals surface area contributed by atoms with Crippen LogP contribution in [0.5, 0.6) is 0 Å². The largest absolute Gasteiger partial charge is 0.380 e. The van der Waals surface area contributed by atoms with Gasteiger partial charge >= 0.3 is 0 Å². The van der Waals surface area contributed by atoms with Gasteiger partial charge in [-0.3, -0.25) is 9.59 Å². The first-order chi connectivity index (χ1) is 16.9. The lowest BCUT2D eigenvalue weighted by Crippen LogP contribution is -2.51. The van der Waals surface area contributed by atoms with Crippen molar-refractivity contribution in [3.05, 3.63) is 63.6 Å². The summed E-state index contributed by atoms with van der Waals surface area (Å²) in [6.07, 6.45) is -0.382. The lowest BCUT2D eigenvalue weighted by Gasteiger charge is -2.27. The van der Waals surface area contributed by atoms with Crippen LogP contribution in [0, 0.1) is 0 Å². The number of aromatic nitrogens is 1. The van der Waals surface area contributed by atoms with Crippen LogP contribution in [-0.2, 0) is 9.59 Å². The topological polar surface area (TPSA) is 103 Å².